The lowest BCUT2D eigenvalue weighted by Gasteiger charge is -2.13. The van der Waals surface area contributed by atoms with Crippen LogP contribution in [-0.2, 0) is 14.6 Å². The number of carboxylic acid groups (broad SMARTS) is 1. The van der Waals surface area contributed by atoms with E-state index >= 15 is 0 Å². The molecule has 1 atom stereocenters. The first-order chi connectivity index (χ1) is 10.9. The lowest BCUT2D eigenvalue weighted by molar-refractivity contribution is -0.136. The summed E-state index contributed by atoms with van der Waals surface area (Å²) in [4.78, 5) is 11.3. The molecular formula is C17H17ClO4S. The quantitative estimate of drug-likeness (QED) is 0.851. The van der Waals surface area contributed by atoms with E-state index in [4.69, 9.17) is 16.7 Å². The number of sulfone groups is 1. The Morgan fingerprint density at radius 3 is 1.96 bits per heavy atom. The van der Waals surface area contributed by atoms with E-state index in [0.29, 0.717) is 11.4 Å². The van der Waals surface area contributed by atoms with E-state index < -0.39 is 21.1 Å². The minimum Gasteiger partial charge on any atom is -0.480 e. The summed E-state index contributed by atoms with van der Waals surface area (Å²) in [5, 5.41) is 8.38. The van der Waals surface area contributed by atoms with E-state index in [2.05, 4.69) is 0 Å². The molecule has 0 aliphatic rings. The summed E-state index contributed by atoms with van der Waals surface area (Å²) in [5.41, 5.74) is 1.74. The topological polar surface area (TPSA) is 71.4 Å². The second-order valence-electron chi connectivity index (χ2n) is 5.19. The van der Waals surface area contributed by atoms with Crippen molar-refractivity contribution < 1.29 is 18.3 Å². The zero-order chi connectivity index (χ0) is 17.0. The van der Waals surface area contributed by atoms with E-state index in [1.54, 1.807) is 31.2 Å². The SMILES string of the molecule is CCCC(C(=O)O)S(=O)(=O)c1ccc(-c2ccc(Cl)cc2)cc1. The largest absolute Gasteiger partial charge is 0.480 e. The van der Waals surface area contributed by atoms with Crippen molar-refractivity contribution in [1.82, 2.24) is 0 Å². The van der Waals surface area contributed by atoms with Gasteiger partial charge in [-0.1, -0.05) is 49.2 Å². The number of halogens is 1. The van der Waals surface area contributed by atoms with Crippen LogP contribution >= 0.6 is 11.6 Å². The first-order valence-electron chi connectivity index (χ1n) is 7.19. The molecule has 2 aromatic carbocycles. The van der Waals surface area contributed by atoms with Gasteiger partial charge in [-0.05, 0) is 41.8 Å². The van der Waals surface area contributed by atoms with Crippen molar-refractivity contribution in [1.29, 1.82) is 0 Å². The molecule has 0 fully saturated rings. The van der Waals surface area contributed by atoms with Crippen molar-refractivity contribution in [2.24, 2.45) is 0 Å². The molecule has 0 saturated heterocycles. The smallest absolute Gasteiger partial charge is 0.322 e. The molecule has 23 heavy (non-hydrogen) atoms. The third kappa shape index (κ3) is 3.92. The van der Waals surface area contributed by atoms with Crippen LogP contribution in [0.5, 0.6) is 0 Å². The molecule has 0 saturated carbocycles. The second kappa shape index (κ2) is 7.15. The summed E-state index contributed by atoms with van der Waals surface area (Å²) >= 11 is 5.84. The van der Waals surface area contributed by atoms with Gasteiger partial charge in [0.15, 0.2) is 15.1 Å². The van der Waals surface area contributed by atoms with Crippen LogP contribution in [0, 0.1) is 0 Å². The van der Waals surface area contributed by atoms with E-state index in [1.165, 1.54) is 12.1 Å². The maximum Gasteiger partial charge on any atom is 0.322 e. The number of rotatable bonds is 6. The van der Waals surface area contributed by atoms with Gasteiger partial charge in [-0.25, -0.2) is 8.42 Å². The Morgan fingerprint density at radius 1 is 1.04 bits per heavy atom. The van der Waals surface area contributed by atoms with Gasteiger partial charge in [-0.3, -0.25) is 4.79 Å². The zero-order valence-electron chi connectivity index (χ0n) is 12.6. The molecule has 6 heteroatoms. The molecule has 0 radical (unpaired) electrons. The fourth-order valence-corrected chi connectivity index (χ4v) is 4.10. The van der Waals surface area contributed by atoms with Gasteiger partial charge in [0.2, 0.25) is 0 Å². The van der Waals surface area contributed by atoms with Crippen LogP contribution in [0.1, 0.15) is 19.8 Å². The molecule has 0 aliphatic carbocycles. The number of hydrogen-bond acceptors (Lipinski definition) is 3. The Balaban J connectivity index is 2.34. The van der Waals surface area contributed by atoms with Gasteiger partial charge in [0, 0.05) is 5.02 Å². The highest BCUT2D eigenvalue weighted by molar-refractivity contribution is 7.92. The molecule has 2 rings (SSSR count). The molecular weight excluding hydrogens is 336 g/mol. The van der Waals surface area contributed by atoms with Gasteiger partial charge in [-0.2, -0.15) is 0 Å². The maximum atomic E-state index is 12.5. The lowest BCUT2D eigenvalue weighted by atomic mass is 10.1. The third-order valence-electron chi connectivity index (χ3n) is 3.56. The van der Waals surface area contributed by atoms with Crippen LogP contribution in [0.15, 0.2) is 53.4 Å². The summed E-state index contributed by atoms with van der Waals surface area (Å²) in [6.45, 7) is 1.76. The normalized spacial score (nSPS) is 12.8. The van der Waals surface area contributed by atoms with Crippen LogP contribution < -0.4 is 0 Å². The van der Waals surface area contributed by atoms with Crippen LogP contribution in [0.25, 0.3) is 11.1 Å². The first kappa shape index (κ1) is 17.5. The molecule has 1 N–H and O–H groups in total. The third-order valence-corrected chi connectivity index (χ3v) is 5.93. The van der Waals surface area contributed by atoms with E-state index in [9.17, 15) is 13.2 Å². The monoisotopic (exact) mass is 352 g/mol. The Bertz CT molecular complexity index is 780. The summed E-state index contributed by atoms with van der Waals surface area (Å²) in [6, 6.07) is 13.4. The molecule has 4 nitrogen and oxygen atoms in total. The van der Waals surface area contributed by atoms with Crippen molar-refractivity contribution in [2.75, 3.05) is 0 Å². The minimum absolute atomic E-state index is 0.0241. The fraction of sp³-hybridized carbons (Fsp3) is 0.235. The van der Waals surface area contributed by atoms with E-state index in [-0.39, 0.29) is 11.3 Å². The average molecular weight is 353 g/mol. The van der Waals surface area contributed by atoms with Crippen molar-refractivity contribution in [2.45, 2.75) is 29.9 Å². The molecule has 0 bridgehead atoms. The van der Waals surface area contributed by atoms with Crippen molar-refractivity contribution in [3.8, 4) is 11.1 Å². The van der Waals surface area contributed by atoms with E-state index in [1.807, 2.05) is 12.1 Å². The predicted molar refractivity (Wildman–Crippen MR) is 90.4 cm³/mol. The zero-order valence-corrected chi connectivity index (χ0v) is 14.1. The van der Waals surface area contributed by atoms with Crippen LogP contribution in [0.4, 0.5) is 0 Å². The number of aliphatic carboxylic acids is 1. The molecule has 1 unspecified atom stereocenters. The number of carbonyl (C=O) groups is 1. The predicted octanol–water partition coefficient (Wildman–Crippen LogP) is 4.03. The molecule has 0 aromatic heterocycles. The van der Waals surface area contributed by atoms with Crippen LogP contribution in [-0.4, -0.2) is 24.7 Å². The molecule has 0 amide bonds. The van der Waals surface area contributed by atoms with Gasteiger partial charge in [-0.15, -0.1) is 0 Å². The number of benzene rings is 2. The minimum atomic E-state index is -3.89. The van der Waals surface area contributed by atoms with Crippen molar-refractivity contribution >= 4 is 27.4 Å². The summed E-state index contributed by atoms with van der Waals surface area (Å²) in [5.74, 6) is -1.31. The van der Waals surface area contributed by atoms with Gasteiger partial charge in [0.25, 0.3) is 0 Å². The summed E-state index contributed by atoms with van der Waals surface area (Å²) in [6.07, 6.45) is 0.579. The van der Waals surface area contributed by atoms with Crippen molar-refractivity contribution in [3.05, 3.63) is 53.6 Å². The number of hydrogen-bond donors (Lipinski definition) is 1. The average Bonchev–Trinajstić information content (AvgIpc) is 2.53. The Kier molecular flexibility index (Phi) is 5.44. The molecule has 0 spiro atoms. The molecule has 0 aliphatic heterocycles. The fourth-order valence-electron chi connectivity index (χ4n) is 2.32. The highest BCUT2D eigenvalue weighted by Gasteiger charge is 2.33. The summed E-state index contributed by atoms with van der Waals surface area (Å²) < 4.78 is 24.9. The van der Waals surface area contributed by atoms with Crippen LogP contribution in [0.3, 0.4) is 0 Å². The van der Waals surface area contributed by atoms with Crippen molar-refractivity contribution in [3.63, 3.8) is 0 Å². The molecule has 2 aromatic rings. The lowest BCUT2D eigenvalue weighted by Crippen LogP contribution is -2.30. The Morgan fingerprint density at radius 2 is 1.52 bits per heavy atom. The maximum absolute atomic E-state index is 12.5. The summed E-state index contributed by atoms with van der Waals surface area (Å²) in [7, 11) is -3.89. The highest BCUT2D eigenvalue weighted by atomic mass is 35.5. The van der Waals surface area contributed by atoms with Gasteiger partial charge in [0.05, 0.1) is 4.90 Å². The standard InChI is InChI=1S/C17H17ClO4S/c1-2-3-16(17(19)20)23(21,22)15-10-6-13(7-11-15)12-4-8-14(18)9-5-12/h4-11,16H,2-3H2,1H3,(H,19,20). The Hall–Kier alpha value is -1.85. The highest BCUT2D eigenvalue weighted by Crippen LogP contribution is 2.25. The van der Waals surface area contributed by atoms with E-state index in [0.717, 1.165) is 11.1 Å². The van der Waals surface area contributed by atoms with Gasteiger partial charge < -0.3 is 5.11 Å². The molecule has 0 heterocycles. The van der Waals surface area contributed by atoms with Gasteiger partial charge in [0.1, 0.15) is 0 Å². The number of carboxylic acids is 1. The first-order valence-corrected chi connectivity index (χ1v) is 9.11. The van der Waals surface area contributed by atoms with Crippen LogP contribution in [0.2, 0.25) is 5.02 Å². The van der Waals surface area contributed by atoms with Gasteiger partial charge >= 0.3 is 5.97 Å². The second-order valence-corrected chi connectivity index (χ2v) is 7.76. The Labute approximate surface area is 140 Å². The molecule has 122 valence electrons.